The molecular weight excluding hydrogens is 315 g/mol. The first-order valence-corrected chi connectivity index (χ1v) is 7.99. The molecule has 1 aromatic rings. The minimum Gasteiger partial charge on any atom is -0.496 e. The summed E-state index contributed by atoms with van der Waals surface area (Å²) in [4.78, 5) is 14.5. The standard InChI is InChI=1S/C17H25FN2O4/c1-20(2)7-9-24-16-11-23-8-6-14(16)19-17(21)13-10-12(18)4-5-15(13)22-3/h4-5,10,14,16H,6-9,11H2,1-3H3,(H,19,21)/t14-,16-/m1/s1. The SMILES string of the molecule is COc1ccc(F)cc1C(=O)N[C@@H]1CCOC[C@H]1OCCN(C)C. The van der Waals surface area contributed by atoms with Gasteiger partial charge in [0.05, 0.1) is 31.9 Å². The molecule has 1 amide bonds. The summed E-state index contributed by atoms with van der Waals surface area (Å²) in [6, 6.07) is 3.70. The highest BCUT2D eigenvalue weighted by Crippen LogP contribution is 2.20. The Hall–Kier alpha value is -1.70. The summed E-state index contributed by atoms with van der Waals surface area (Å²) in [5, 5.41) is 2.92. The van der Waals surface area contributed by atoms with Gasteiger partial charge < -0.3 is 24.4 Å². The van der Waals surface area contributed by atoms with Crippen LogP contribution in [0.25, 0.3) is 0 Å². The van der Waals surface area contributed by atoms with Crippen LogP contribution in [0.4, 0.5) is 4.39 Å². The number of hydrogen-bond donors (Lipinski definition) is 1. The van der Waals surface area contributed by atoms with Crippen molar-refractivity contribution in [3.05, 3.63) is 29.6 Å². The molecule has 1 N–H and O–H groups in total. The molecule has 24 heavy (non-hydrogen) atoms. The van der Waals surface area contributed by atoms with E-state index in [2.05, 4.69) is 5.32 Å². The molecule has 134 valence electrons. The minimum absolute atomic E-state index is 0.177. The van der Waals surface area contributed by atoms with Crippen molar-refractivity contribution in [1.29, 1.82) is 0 Å². The minimum atomic E-state index is -0.480. The van der Waals surface area contributed by atoms with Gasteiger partial charge in [-0.05, 0) is 38.7 Å². The van der Waals surface area contributed by atoms with Gasteiger partial charge in [0.1, 0.15) is 17.7 Å². The molecule has 0 spiro atoms. The molecule has 0 saturated carbocycles. The maximum absolute atomic E-state index is 13.5. The molecule has 0 aromatic heterocycles. The van der Waals surface area contributed by atoms with Crippen LogP contribution in [-0.2, 0) is 9.47 Å². The molecule has 0 aliphatic carbocycles. The van der Waals surface area contributed by atoms with Gasteiger partial charge in [0.15, 0.2) is 0 Å². The number of carbonyl (C=O) groups is 1. The van der Waals surface area contributed by atoms with Crippen LogP contribution >= 0.6 is 0 Å². The van der Waals surface area contributed by atoms with Crippen LogP contribution in [0.2, 0.25) is 0 Å². The molecule has 1 fully saturated rings. The molecule has 2 atom stereocenters. The predicted octanol–water partition coefficient (Wildman–Crippen LogP) is 1.30. The zero-order chi connectivity index (χ0) is 17.5. The lowest BCUT2D eigenvalue weighted by Gasteiger charge is -2.32. The Kier molecular flexibility index (Phi) is 6.96. The summed E-state index contributed by atoms with van der Waals surface area (Å²) >= 11 is 0. The number of nitrogens with zero attached hydrogens (tertiary/aromatic N) is 1. The van der Waals surface area contributed by atoms with E-state index in [1.165, 1.54) is 25.3 Å². The lowest BCUT2D eigenvalue weighted by molar-refractivity contribution is -0.0691. The Morgan fingerprint density at radius 3 is 2.96 bits per heavy atom. The first kappa shape index (κ1) is 18.6. The summed E-state index contributed by atoms with van der Waals surface area (Å²) in [6.07, 6.45) is 0.429. The number of halogens is 1. The summed E-state index contributed by atoms with van der Waals surface area (Å²) in [5.41, 5.74) is 0.177. The fraction of sp³-hybridized carbons (Fsp3) is 0.588. The van der Waals surface area contributed by atoms with E-state index in [1.807, 2.05) is 19.0 Å². The second-order valence-electron chi connectivity index (χ2n) is 6.00. The second kappa shape index (κ2) is 8.96. The van der Waals surface area contributed by atoms with Gasteiger partial charge >= 0.3 is 0 Å². The van der Waals surface area contributed by atoms with E-state index in [1.54, 1.807) is 0 Å². The highest BCUT2D eigenvalue weighted by molar-refractivity contribution is 5.97. The number of likely N-dealkylation sites (N-methyl/N-ethyl adjacent to an activating group) is 1. The zero-order valence-electron chi connectivity index (χ0n) is 14.4. The van der Waals surface area contributed by atoms with E-state index in [-0.39, 0.29) is 23.6 Å². The molecule has 0 radical (unpaired) electrons. The van der Waals surface area contributed by atoms with Crippen molar-refractivity contribution in [2.75, 3.05) is 47.6 Å². The first-order valence-electron chi connectivity index (χ1n) is 7.99. The van der Waals surface area contributed by atoms with Crippen molar-refractivity contribution >= 4 is 5.91 Å². The lowest BCUT2D eigenvalue weighted by Crippen LogP contribution is -2.50. The van der Waals surface area contributed by atoms with Crippen LogP contribution in [0.3, 0.4) is 0 Å². The lowest BCUT2D eigenvalue weighted by atomic mass is 10.0. The van der Waals surface area contributed by atoms with Crippen LogP contribution in [0, 0.1) is 5.82 Å². The van der Waals surface area contributed by atoms with Gasteiger partial charge in [-0.1, -0.05) is 0 Å². The van der Waals surface area contributed by atoms with Crippen LogP contribution in [0.1, 0.15) is 16.8 Å². The maximum atomic E-state index is 13.5. The van der Waals surface area contributed by atoms with Gasteiger partial charge in [-0.25, -0.2) is 4.39 Å². The number of methoxy groups -OCH3 is 1. The normalized spacial score (nSPS) is 20.9. The van der Waals surface area contributed by atoms with Gasteiger partial charge in [0.2, 0.25) is 0 Å². The van der Waals surface area contributed by atoms with Crippen molar-refractivity contribution in [2.45, 2.75) is 18.6 Å². The van der Waals surface area contributed by atoms with Gasteiger partial charge in [-0.15, -0.1) is 0 Å². The Morgan fingerprint density at radius 2 is 2.25 bits per heavy atom. The van der Waals surface area contributed by atoms with Crippen LogP contribution in [0.15, 0.2) is 18.2 Å². The van der Waals surface area contributed by atoms with Crippen LogP contribution in [0.5, 0.6) is 5.75 Å². The topological polar surface area (TPSA) is 60.0 Å². The average molecular weight is 340 g/mol. The third-order valence-corrected chi connectivity index (χ3v) is 3.90. The largest absolute Gasteiger partial charge is 0.496 e. The first-order chi connectivity index (χ1) is 11.5. The summed E-state index contributed by atoms with van der Waals surface area (Å²) in [6.45, 7) is 2.32. The van der Waals surface area contributed by atoms with Gasteiger partial charge in [0, 0.05) is 13.2 Å². The fourth-order valence-electron chi connectivity index (χ4n) is 2.53. The smallest absolute Gasteiger partial charge is 0.255 e. The maximum Gasteiger partial charge on any atom is 0.255 e. The fourth-order valence-corrected chi connectivity index (χ4v) is 2.53. The molecule has 0 unspecified atom stereocenters. The summed E-state index contributed by atoms with van der Waals surface area (Å²) in [7, 11) is 5.39. The highest BCUT2D eigenvalue weighted by Gasteiger charge is 2.29. The number of amides is 1. The van der Waals surface area contributed by atoms with Crippen molar-refractivity contribution in [3.8, 4) is 5.75 Å². The van der Waals surface area contributed by atoms with Crippen molar-refractivity contribution < 1.29 is 23.4 Å². The third kappa shape index (κ3) is 5.15. The Balaban J connectivity index is 2.01. The van der Waals surface area contributed by atoms with E-state index < -0.39 is 5.82 Å². The average Bonchev–Trinajstić information content (AvgIpc) is 2.56. The molecule has 1 saturated heterocycles. The van der Waals surface area contributed by atoms with Crippen molar-refractivity contribution in [3.63, 3.8) is 0 Å². The van der Waals surface area contributed by atoms with Gasteiger partial charge in [-0.2, -0.15) is 0 Å². The molecule has 2 rings (SSSR count). The molecule has 6 nitrogen and oxygen atoms in total. The number of benzene rings is 1. The number of hydrogen-bond acceptors (Lipinski definition) is 5. The molecule has 1 heterocycles. The van der Waals surface area contributed by atoms with E-state index in [0.29, 0.717) is 32.0 Å². The van der Waals surface area contributed by atoms with Gasteiger partial charge in [-0.3, -0.25) is 4.79 Å². The third-order valence-electron chi connectivity index (χ3n) is 3.90. The zero-order valence-corrected chi connectivity index (χ0v) is 14.4. The predicted molar refractivity (Wildman–Crippen MR) is 87.9 cm³/mol. The van der Waals surface area contributed by atoms with Crippen molar-refractivity contribution in [1.82, 2.24) is 10.2 Å². The molecular formula is C17H25FN2O4. The molecule has 0 bridgehead atoms. The summed E-state index contributed by atoms with van der Waals surface area (Å²) < 4.78 is 29.9. The Bertz CT molecular complexity index is 553. The molecule has 1 aromatic carbocycles. The molecule has 1 aliphatic rings. The van der Waals surface area contributed by atoms with Crippen LogP contribution < -0.4 is 10.1 Å². The second-order valence-corrected chi connectivity index (χ2v) is 6.00. The van der Waals surface area contributed by atoms with E-state index >= 15 is 0 Å². The number of nitrogens with one attached hydrogen (secondary N) is 1. The number of ether oxygens (including phenoxy) is 3. The monoisotopic (exact) mass is 340 g/mol. The summed E-state index contributed by atoms with van der Waals surface area (Å²) in [5.74, 6) is -0.516. The van der Waals surface area contributed by atoms with E-state index in [4.69, 9.17) is 14.2 Å². The Labute approximate surface area is 141 Å². The van der Waals surface area contributed by atoms with E-state index in [9.17, 15) is 9.18 Å². The quantitative estimate of drug-likeness (QED) is 0.811. The number of carbonyl (C=O) groups excluding carboxylic acids is 1. The van der Waals surface area contributed by atoms with Gasteiger partial charge in [0.25, 0.3) is 5.91 Å². The Morgan fingerprint density at radius 1 is 1.46 bits per heavy atom. The molecule has 7 heteroatoms. The number of rotatable bonds is 7. The highest BCUT2D eigenvalue weighted by atomic mass is 19.1. The molecule has 1 aliphatic heterocycles. The van der Waals surface area contributed by atoms with Crippen LogP contribution in [-0.4, -0.2) is 70.5 Å². The van der Waals surface area contributed by atoms with Crippen molar-refractivity contribution in [2.24, 2.45) is 0 Å². The van der Waals surface area contributed by atoms with E-state index in [0.717, 1.165) is 6.54 Å².